The Hall–Kier alpha value is -1.76. The second-order valence-corrected chi connectivity index (χ2v) is 10.2. The second kappa shape index (κ2) is 11.3. The molecule has 36 heavy (non-hydrogen) atoms. The van der Waals surface area contributed by atoms with Gasteiger partial charge in [0.1, 0.15) is 23.7 Å². The Bertz CT molecular complexity index is 1230. The molecule has 0 N–H and O–H groups in total. The average Bonchev–Trinajstić information content (AvgIpc) is 3.36. The summed E-state index contributed by atoms with van der Waals surface area (Å²) in [4.78, 5) is 14.1. The van der Waals surface area contributed by atoms with E-state index in [-0.39, 0.29) is 44.8 Å². The van der Waals surface area contributed by atoms with Crippen LogP contribution in [0.3, 0.4) is 0 Å². The van der Waals surface area contributed by atoms with Crippen molar-refractivity contribution in [3.8, 4) is 5.69 Å². The predicted octanol–water partition coefficient (Wildman–Crippen LogP) is 5.22. The molecule has 3 aromatic rings. The first-order valence-electron chi connectivity index (χ1n) is 10.6. The van der Waals surface area contributed by atoms with Gasteiger partial charge in [0.05, 0.1) is 10.0 Å². The van der Waals surface area contributed by atoms with Crippen LogP contribution in [0.1, 0.15) is 44.9 Å². The SMILES string of the molecule is Cc1nn(-c2c(F)cccc2C=O)cc1CN1CCC2(CC1)OCC(F)(F)c1cc(Cl)sc12.[Mn].[O-2].[O-2]. The number of para-hydroxylation sites is 1. The van der Waals surface area contributed by atoms with E-state index in [1.807, 2.05) is 6.92 Å². The molecule has 0 amide bonds. The van der Waals surface area contributed by atoms with Crippen molar-refractivity contribution in [1.82, 2.24) is 14.7 Å². The molecule has 0 atom stereocenters. The number of aryl methyl sites for hydroxylation is 1. The molecule has 13 heteroatoms. The van der Waals surface area contributed by atoms with Crippen LogP contribution in [0.2, 0.25) is 4.34 Å². The second-order valence-electron chi connectivity index (χ2n) is 8.54. The number of hydrogen-bond donors (Lipinski definition) is 0. The Labute approximate surface area is 225 Å². The van der Waals surface area contributed by atoms with Gasteiger partial charge in [0.25, 0.3) is 5.92 Å². The van der Waals surface area contributed by atoms with E-state index in [0.717, 1.165) is 11.3 Å². The van der Waals surface area contributed by atoms with Gasteiger partial charge < -0.3 is 15.7 Å². The number of ether oxygens (including phenoxy) is 1. The fourth-order valence-electron chi connectivity index (χ4n) is 4.66. The zero-order valence-electron chi connectivity index (χ0n) is 19.0. The minimum Gasteiger partial charge on any atom is -2.00 e. The van der Waals surface area contributed by atoms with Crippen LogP contribution in [0.4, 0.5) is 13.2 Å². The van der Waals surface area contributed by atoms with Crippen molar-refractivity contribution in [3.05, 3.63) is 67.9 Å². The quantitative estimate of drug-likeness (QED) is 0.311. The topological polar surface area (TPSA) is 104 Å². The smallest absolute Gasteiger partial charge is 0.297 e. The minimum absolute atomic E-state index is 0. The number of halogens is 4. The maximum Gasteiger partial charge on any atom is 0.297 e. The van der Waals surface area contributed by atoms with E-state index in [2.05, 4.69) is 10.00 Å². The molecule has 4 heterocycles. The monoisotopic (exact) mass is 582 g/mol. The number of carbonyl (C=O) groups excluding carboxylic acids is 1. The minimum atomic E-state index is -3.03. The van der Waals surface area contributed by atoms with Crippen molar-refractivity contribution >= 4 is 29.2 Å². The fraction of sp³-hybridized carbons (Fsp3) is 0.391. The first-order valence-corrected chi connectivity index (χ1v) is 11.8. The number of piperidine rings is 1. The Morgan fingerprint density at radius 3 is 2.61 bits per heavy atom. The van der Waals surface area contributed by atoms with Crippen LogP contribution in [0.5, 0.6) is 0 Å². The van der Waals surface area contributed by atoms with Gasteiger partial charge in [-0.3, -0.25) is 9.69 Å². The molecule has 7 nitrogen and oxygen atoms in total. The number of fused-ring (bicyclic) bond motifs is 2. The standard InChI is InChI=1S/C23H21ClF3N3O2S.Mn.2O/c1-14-16(11-30(28-14)20-15(12-31)3-2-4-18(20)25)10-29-7-5-22(6-8-29)21-17(9-19(24)33-21)23(26,27)13-32-22;;;/h2-4,9,11-12H,5-8,10,13H2,1H3;;;/q;;2*-2. The number of hydrogen-bond acceptors (Lipinski definition) is 5. The van der Waals surface area contributed by atoms with Crippen LogP contribution in [0, 0.1) is 12.7 Å². The maximum absolute atomic E-state index is 14.4. The summed E-state index contributed by atoms with van der Waals surface area (Å²) in [6.45, 7) is 3.06. The summed E-state index contributed by atoms with van der Waals surface area (Å²) in [7, 11) is 0. The third kappa shape index (κ3) is 5.27. The number of alkyl halides is 2. The van der Waals surface area contributed by atoms with Crippen molar-refractivity contribution in [1.29, 1.82) is 0 Å². The van der Waals surface area contributed by atoms with Gasteiger partial charge in [-0.05, 0) is 38.0 Å². The number of thiophene rings is 1. The normalized spacial score (nSPS) is 17.9. The Balaban J connectivity index is 0.00000152. The van der Waals surface area contributed by atoms with E-state index in [0.29, 0.717) is 48.0 Å². The Morgan fingerprint density at radius 2 is 1.94 bits per heavy atom. The van der Waals surface area contributed by atoms with Gasteiger partial charge in [-0.15, -0.1) is 11.3 Å². The third-order valence-corrected chi connectivity index (χ3v) is 7.92. The van der Waals surface area contributed by atoms with Gasteiger partial charge >= 0.3 is 0 Å². The van der Waals surface area contributed by atoms with Gasteiger partial charge in [0.15, 0.2) is 6.29 Å². The molecule has 0 bridgehead atoms. The fourth-order valence-corrected chi connectivity index (χ4v) is 6.14. The van der Waals surface area contributed by atoms with E-state index in [1.165, 1.54) is 34.2 Å². The van der Waals surface area contributed by atoms with Gasteiger partial charge in [-0.25, -0.2) is 9.07 Å². The van der Waals surface area contributed by atoms with Crippen LogP contribution >= 0.6 is 22.9 Å². The van der Waals surface area contributed by atoms with Crippen LogP contribution in [-0.4, -0.2) is 40.7 Å². The molecular formula is C23H21ClF3MnN3O4S-4. The van der Waals surface area contributed by atoms with E-state index in [9.17, 15) is 18.0 Å². The summed E-state index contributed by atoms with van der Waals surface area (Å²) >= 11 is 7.26. The number of rotatable bonds is 4. The van der Waals surface area contributed by atoms with E-state index >= 15 is 0 Å². The summed E-state index contributed by atoms with van der Waals surface area (Å²) in [5.74, 6) is -3.55. The van der Waals surface area contributed by atoms with Crippen LogP contribution in [0.15, 0.2) is 30.5 Å². The summed E-state index contributed by atoms with van der Waals surface area (Å²) in [5, 5.41) is 4.42. The zero-order chi connectivity index (χ0) is 23.4. The summed E-state index contributed by atoms with van der Waals surface area (Å²) in [6.07, 6.45) is 3.49. The first-order chi connectivity index (χ1) is 15.7. The molecule has 1 fully saturated rings. The molecule has 0 aliphatic carbocycles. The molecule has 5 rings (SSSR count). The van der Waals surface area contributed by atoms with E-state index < -0.39 is 23.9 Å². The molecule has 1 radical (unpaired) electrons. The molecule has 0 saturated carbocycles. The summed E-state index contributed by atoms with van der Waals surface area (Å²) in [5.41, 5.74) is 1.23. The van der Waals surface area contributed by atoms with Gasteiger partial charge in [-0.2, -0.15) is 13.9 Å². The van der Waals surface area contributed by atoms with Crippen molar-refractivity contribution in [2.75, 3.05) is 19.7 Å². The number of nitrogens with zero attached hydrogens (tertiary/aromatic N) is 3. The van der Waals surface area contributed by atoms with Crippen molar-refractivity contribution in [2.45, 2.75) is 37.8 Å². The Kier molecular flexibility index (Phi) is 9.58. The number of carbonyl (C=O) groups is 1. The predicted molar refractivity (Wildman–Crippen MR) is 120 cm³/mol. The van der Waals surface area contributed by atoms with E-state index in [1.54, 1.807) is 12.3 Å². The van der Waals surface area contributed by atoms with Crippen molar-refractivity contribution < 1.29 is 50.7 Å². The van der Waals surface area contributed by atoms with Crippen molar-refractivity contribution in [2.24, 2.45) is 0 Å². The first kappa shape index (κ1) is 30.5. The number of benzene rings is 1. The molecule has 0 unspecified atom stereocenters. The number of aromatic nitrogens is 2. The largest absolute Gasteiger partial charge is 2.00 e. The summed E-state index contributed by atoms with van der Waals surface area (Å²) in [6, 6.07) is 5.69. The van der Waals surface area contributed by atoms with Crippen LogP contribution in [0.25, 0.3) is 5.69 Å². The molecule has 1 aromatic carbocycles. The van der Waals surface area contributed by atoms with Gasteiger partial charge in [-0.1, -0.05) is 17.7 Å². The summed E-state index contributed by atoms with van der Waals surface area (Å²) < 4.78 is 50.6. The molecule has 1 spiro atoms. The van der Waals surface area contributed by atoms with E-state index in [4.69, 9.17) is 16.3 Å². The molecule has 2 aromatic heterocycles. The molecule has 2 aliphatic heterocycles. The van der Waals surface area contributed by atoms with Gasteiger partial charge in [0.2, 0.25) is 0 Å². The molecule has 197 valence electrons. The zero-order valence-corrected chi connectivity index (χ0v) is 21.7. The van der Waals surface area contributed by atoms with Crippen LogP contribution in [-0.2, 0) is 50.8 Å². The molecule has 2 aliphatic rings. The molecular weight excluding hydrogens is 562 g/mol. The number of likely N-dealkylation sites (tertiary alicyclic amines) is 1. The van der Waals surface area contributed by atoms with Crippen LogP contribution < -0.4 is 0 Å². The third-order valence-electron chi connectivity index (χ3n) is 6.47. The molecule has 1 saturated heterocycles. The Morgan fingerprint density at radius 1 is 1.25 bits per heavy atom. The average molecular weight is 583 g/mol. The maximum atomic E-state index is 14.4. The number of aldehydes is 1. The van der Waals surface area contributed by atoms with Gasteiger partial charge in [0, 0.05) is 64.5 Å². The van der Waals surface area contributed by atoms with Crippen molar-refractivity contribution in [3.63, 3.8) is 0 Å².